The van der Waals surface area contributed by atoms with Gasteiger partial charge in [0.05, 0.1) is 5.52 Å². The van der Waals surface area contributed by atoms with Gasteiger partial charge in [0.15, 0.2) is 0 Å². The predicted octanol–water partition coefficient (Wildman–Crippen LogP) is 2.34. The smallest absolute Gasteiger partial charge is 0.326 e. The van der Waals surface area contributed by atoms with Crippen molar-refractivity contribution in [1.82, 2.24) is 9.88 Å². The number of likely N-dealkylation sites (tertiary alicyclic amines) is 1. The van der Waals surface area contributed by atoms with Crippen molar-refractivity contribution < 1.29 is 19.8 Å². The minimum absolute atomic E-state index is 0.168. The van der Waals surface area contributed by atoms with Gasteiger partial charge in [-0.15, -0.1) is 0 Å². The van der Waals surface area contributed by atoms with Crippen LogP contribution in [0.1, 0.15) is 38.7 Å². The van der Waals surface area contributed by atoms with Crippen LogP contribution < -0.4 is 0 Å². The van der Waals surface area contributed by atoms with Crippen molar-refractivity contribution in [3.63, 3.8) is 0 Å². The Morgan fingerprint density at radius 2 is 2.15 bits per heavy atom. The third-order valence-corrected chi connectivity index (χ3v) is 5.37. The van der Waals surface area contributed by atoms with Gasteiger partial charge in [0.25, 0.3) is 5.91 Å². The first-order chi connectivity index (χ1) is 12.4. The fraction of sp³-hybridized carbons (Fsp3) is 0.450. The third kappa shape index (κ3) is 2.94. The van der Waals surface area contributed by atoms with Gasteiger partial charge in [-0.2, -0.15) is 0 Å². The number of unbranched alkanes of at least 4 members (excludes halogenated alkanes) is 1. The average molecular weight is 356 g/mol. The van der Waals surface area contributed by atoms with Gasteiger partial charge in [-0.25, -0.2) is 4.79 Å². The summed E-state index contributed by atoms with van der Waals surface area (Å²) in [5.74, 6) is -1.54. The Morgan fingerprint density at radius 1 is 1.38 bits per heavy atom. The maximum absolute atomic E-state index is 12.7. The van der Waals surface area contributed by atoms with Gasteiger partial charge in [0.2, 0.25) is 0 Å². The molecule has 26 heavy (non-hydrogen) atoms. The summed E-state index contributed by atoms with van der Waals surface area (Å²) in [6.07, 6.45) is 2.36. The van der Waals surface area contributed by atoms with E-state index in [0.29, 0.717) is 12.8 Å². The van der Waals surface area contributed by atoms with E-state index in [2.05, 4.69) is 4.98 Å². The van der Waals surface area contributed by atoms with Gasteiger partial charge in [-0.3, -0.25) is 9.78 Å². The number of carboxylic acid groups (broad SMARTS) is 1. The van der Waals surface area contributed by atoms with Crippen LogP contribution in [0.15, 0.2) is 36.5 Å². The van der Waals surface area contributed by atoms with E-state index < -0.39 is 29.4 Å². The number of hydrogen-bond donors (Lipinski definition) is 2. The van der Waals surface area contributed by atoms with Crippen molar-refractivity contribution in [2.45, 2.75) is 50.7 Å². The second kappa shape index (κ2) is 7.03. The van der Waals surface area contributed by atoms with E-state index in [4.69, 9.17) is 0 Å². The zero-order valence-corrected chi connectivity index (χ0v) is 15.1. The Morgan fingerprint density at radius 3 is 2.85 bits per heavy atom. The lowest BCUT2D eigenvalue weighted by Crippen LogP contribution is -2.43. The highest BCUT2D eigenvalue weighted by Crippen LogP contribution is 2.39. The highest BCUT2D eigenvalue weighted by Gasteiger charge is 2.52. The summed E-state index contributed by atoms with van der Waals surface area (Å²) in [4.78, 5) is 30.1. The second-order valence-electron chi connectivity index (χ2n) is 7.16. The number of nitrogens with zero attached hydrogens (tertiary/aromatic N) is 2. The van der Waals surface area contributed by atoms with Gasteiger partial charge in [-0.05, 0) is 24.1 Å². The predicted molar refractivity (Wildman–Crippen MR) is 97.8 cm³/mol. The normalized spacial score (nSPS) is 24.2. The molecule has 1 fully saturated rings. The van der Waals surface area contributed by atoms with Crippen LogP contribution in [0.3, 0.4) is 0 Å². The largest absolute Gasteiger partial charge is 0.480 e. The number of fused-ring (bicyclic) bond motifs is 1. The van der Waals surface area contributed by atoms with Crippen LogP contribution in [-0.2, 0) is 15.0 Å². The topological polar surface area (TPSA) is 90.7 Å². The van der Waals surface area contributed by atoms with Crippen molar-refractivity contribution in [1.29, 1.82) is 0 Å². The van der Waals surface area contributed by atoms with E-state index in [1.54, 1.807) is 6.20 Å². The molecule has 0 bridgehead atoms. The summed E-state index contributed by atoms with van der Waals surface area (Å²) in [6.45, 7) is 3.96. The van der Waals surface area contributed by atoms with Crippen molar-refractivity contribution in [2.75, 3.05) is 6.54 Å². The molecule has 3 rings (SSSR count). The number of aliphatic hydroxyl groups is 1. The van der Waals surface area contributed by atoms with E-state index in [1.165, 1.54) is 4.90 Å². The molecule has 1 aliphatic heterocycles. The summed E-state index contributed by atoms with van der Waals surface area (Å²) in [5.41, 5.74) is 0.704. The van der Waals surface area contributed by atoms with Gasteiger partial charge in [0, 0.05) is 23.5 Å². The number of hydrogen-bond acceptors (Lipinski definition) is 4. The van der Waals surface area contributed by atoms with E-state index in [-0.39, 0.29) is 6.54 Å². The molecule has 2 aromatic rings. The zero-order valence-electron chi connectivity index (χ0n) is 15.1. The van der Waals surface area contributed by atoms with Crippen molar-refractivity contribution in [3.05, 3.63) is 42.1 Å². The van der Waals surface area contributed by atoms with Crippen LogP contribution in [-0.4, -0.2) is 50.7 Å². The van der Waals surface area contributed by atoms with Crippen LogP contribution in [0.2, 0.25) is 0 Å². The fourth-order valence-corrected chi connectivity index (χ4v) is 3.86. The molecule has 138 valence electrons. The summed E-state index contributed by atoms with van der Waals surface area (Å²) in [7, 11) is 0. The van der Waals surface area contributed by atoms with Crippen molar-refractivity contribution >= 4 is 22.8 Å². The number of pyridine rings is 1. The minimum Gasteiger partial charge on any atom is -0.480 e. The molecule has 0 radical (unpaired) electrons. The molecule has 0 saturated carbocycles. The van der Waals surface area contributed by atoms with Crippen LogP contribution in [0.4, 0.5) is 0 Å². The number of aliphatic hydroxyl groups excluding tert-OH is 1. The SMILES string of the molecule is CCCCC(C(=O)O)N1CC(C)(c2cccc3ncccc23)C(O)C1=O. The molecule has 1 amide bonds. The Balaban J connectivity index is 2.02. The lowest BCUT2D eigenvalue weighted by molar-refractivity contribution is -0.150. The van der Waals surface area contributed by atoms with Gasteiger partial charge in [0.1, 0.15) is 12.1 Å². The lowest BCUT2D eigenvalue weighted by Gasteiger charge is -2.29. The molecule has 2 N–H and O–H groups in total. The summed E-state index contributed by atoms with van der Waals surface area (Å²) in [6, 6.07) is 8.43. The second-order valence-corrected chi connectivity index (χ2v) is 7.16. The molecular formula is C20H24N2O4. The number of aliphatic carboxylic acids is 1. The number of benzene rings is 1. The molecule has 3 unspecified atom stereocenters. The highest BCUT2D eigenvalue weighted by atomic mass is 16.4. The maximum Gasteiger partial charge on any atom is 0.326 e. The lowest BCUT2D eigenvalue weighted by atomic mass is 9.78. The summed E-state index contributed by atoms with van der Waals surface area (Å²) in [5, 5.41) is 21.2. The van der Waals surface area contributed by atoms with E-state index in [9.17, 15) is 19.8 Å². The quantitative estimate of drug-likeness (QED) is 0.829. The molecule has 3 atom stereocenters. The first kappa shape index (κ1) is 18.3. The maximum atomic E-state index is 12.7. The summed E-state index contributed by atoms with van der Waals surface area (Å²) >= 11 is 0. The number of aromatic nitrogens is 1. The van der Waals surface area contributed by atoms with Gasteiger partial charge < -0.3 is 15.1 Å². The first-order valence-electron chi connectivity index (χ1n) is 8.95. The molecule has 1 saturated heterocycles. The minimum atomic E-state index is -1.28. The van der Waals surface area contributed by atoms with E-state index >= 15 is 0 Å². The van der Waals surface area contributed by atoms with Crippen LogP contribution in [0, 0.1) is 0 Å². The fourth-order valence-electron chi connectivity index (χ4n) is 3.86. The monoisotopic (exact) mass is 356 g/mol. The molecule has 1 aromatic heterocycles. The van der Waals surface area contributed by atoms with Crippen LogP contribution in [0.25, 0.3) is 10.9 Å². The molecule has 0 aliphatic carbocycles. The highest BCUT2D eigenvalue weighted by molar-refractivity contribution is 5.92. The van der Waals surface area contributed by atoms with E-state index in [0.717, 1.165) is 22.9 Å². The molecule has 2 heterocycles. The van der Waals surface area contributed by atoms with Crippen molar-refractivity contribution in [2.24, 2.45) is 0 Å². The number of carbonyl (C=O) groups excluding carboxylic acids is 1. The van der Waals surface area contributed by atoms with Crippen LogP contribution in [0.5, 0.6) is 0 Å². The number of carbonyl (C=O) groups is 2. The standard InChI is InChI=1S/C20H24N2O4/c1-3-4-10-16(19(25)26)22-12-20(2,17(23)18(22)24)14-8-5-9-15-13(14)7-6-11-21-15/h5-9,11,16-17,23H,3-4,10,12H2,1-2H3,(H,25,26). The van der Waals surface area contributed by atoms with Crippen molar-refractivity contribution in [3.8, 4) is 0 Å². The number of carboxylic acids is 1. The third-order valence-electron chi connectivity index (χ3n) is 5.37. The molecule has 6 heteroatoms. The summed E-state index contributed by atoms with van der Waals surface area (Å²) < 4.78 is 0. The zero-order chi connectivity index (χ0) is 18.9. The Hall–Kier alpha value is -2.47. The molecule has 1 aromatic carbocycles. The Kier molecular flexibility index (Phi) is 4.96. The van der Waals surface area contributed by atoms with E-state index in [1.807, 2.05) is 44.2 Å². The average Bonchev–Trinajstić information content (AvgIpc) is 2.86. The van der Waals surface area contributed by atoms with Gasteiger partial charge in [-0.1, -0.05) is 44.9 Å². The first-order valence-corrected chi connectivity index (χ1v) is 8.95. The molecule has 0 spiro atoms. The Bertz CT molecular complexity index is 832. The van der Waals surface area contributed by atoms with Gasteiger partial charge >= 0.3 is 5.97 Å². The number of amides is 1. The molecule has 6 nitrogen and oxygen atoms in total. The van der Waals surface area contributed by atoms with Crippen LogP contribution >= 0.6 is 0 Å². The Labute approximate surface area is 152 Å². The molecule has 1 aliphatic rings. The number of rotatable bonds is 6. The molecular weight excluding hydrogens is 332 g/mol.